The molecule has 0 aromatic heterocycles. The fourth-order valence-corrected chi connectivity index (χ4v) is 2.49. The molecule has 0 radical (unpaired) electrons. The molecule has 5 nitrogen and oxygen atoms in total. The van der Waals surface area contributed by atoms with Crippen molar-refractivity contribution in [2.75, 3.05) is 19.7 Å². The Bertz CT molecular complexity index is 411. The van der Waals surface area contributed by atoms with E-state index in [1.165, 1.54) is 0 Å². The highest BCUT2D eigenvalue weighted by atomic mass is 16.5. The number of benzene rings is 1. The van der Waals surface area contributed by atoms with Gasteiger partial charge in [0.1, 0.15) is 11.9 Å². The molecule has 3 N–H and O–H groups in total. The van der Waals surface area contributed by atoms with Gasteiger partial charge in [-0.3, -0.25) is 4.90 Å². The van der Waals surface area contributed by atoms with Crippen molar-refractivity contribution in [3.8, 4) is 5.75 Å². The van der Waals surface area contributed by atoms with Crippen molar-refractivity contribution in [3.63, 3.8) is 0 Å². The van der Waals surface area contributed by atoms with Crippen LogP contribution in [0.1, 0.15) is 25.3 Å². The van der Waals surface area contributed by atoms with Crippen LogP contribution in [0.4, 0.5) is 0 Å². The van der Waals surface area contributed by atoms with Crippen LogP contribution < -0.4 is 4.74 Å². The molecule has 1 aromatic carbocycles. The van der Waals surface area contributed by atoms with Gasteiger partial charge in [-0.05, 0) is 24.1 Å². The van der Waals surface area contributed by atoms with Crippen LogP contribution in [-0.2, 0) is 6.54 Å². The largest absolute Gasteiger partial charge is 0.494 e. The van der Waals surface area contributed by atoms with Crippen LogP contribution in [-0.4, -0.2) is 58.2 Å². The number of aliphatic hydroxyl groups is 3. The van der Waals surface area contributed by atoms with Crippen molar-refractivity contribution in [2.45, 2.75) is 44.6 Å². The van der Waals surface area contributed by atoms with E-state index >= 15 is 0 Å². The van der Waals surface area contributed by atoms with Crippen molar-refractivity contribution in [1.29, 1.82) is 0 Å². The first-order chi connectivity index (χ1) is 10.1. The van der Waals surface area contributed by atoms with Gasteiger partial charge >= 0.3 is 0 Å². The molecule has 2 rings (SSSR count). The summed E-state index contributed by atoms with van der Waals surface area (Å²) in [7, 11) is 0. The van der Waals surface area contributed by atoms with Gasteiger partial charge in [-0.2, -0.15) is 0 Å². The molecule has 1 aromatic rings. The highest BCUT2D eigenvalue weighted by molar-refractivity contribution is 5.27. The Labute approximate surface area is 125 Å². The number of unbranched alkanes of at least 4 members (excludes halogenated alkanes) is 1. The summed E-state index contributed by atoms with van der Waals surface area (Å²) in [4.78, 5) is 1.94. The summed E-state index contributed by atoms with van der Waals surface area (Å²) in [5.41, 5.74) is 1.09. The second-order valence-electron chi connectivity index (χ2n) is 5.67. The molecule has 1 heterocycles. The van der Waals surface area contributed by atoms with Crippen LogP contribution in [0.3, 0.4) is 0 Å². The highest BCUT2D eigenvalue weighted by Crippen LogP contribution is 2.17. The third kappa shape index (κ3) is 4.68. The van der Waals surface area contributed by atoms with Gasteiger partial charge in [0.15, 0.2) is 0 Å². The van der Waals surface area contributed by atoms with Crippen molar-refractivity contribution >= 4 is 0 Å². The Balaban J connectivity index is 1.85. The van der Waals surface area contributed by atoms with Gasteiger partial charge in [0.2, 0.25) is 0 Å². The fraction of sp³-hybridized carbons (Fsp3) is 0.625. The number of nitrogens with zero attached hydrogens (tertiary/aromatic N) is 1. The zero-order valence-electron chi connectivity index (χ0n) is 12.5. The minimum atomic E-state index is -1.05. The number of aliphatic hydroxyl groups excluding tert-OH is 3. The van der Waals surface area contributed by atoms with Crippen LogP contribution in [0.15, 0.2) is 24.3 Å². The second kappa shape index (κ2) is 7.75. The lowest BCUT2D eigenvalue weighted by atomic mass is 10.0. The zero-order valence-corrected chi connectivity index (χ0v) is 12.5. The molecule has 118 valence electrons. The van der Waals surface area contributed by atoms with Crippen molar-refractivity contribution in [3.05, 3.63) is 29.8 Å². The maximum Gasteiger partial charge on any atom is 0.119 e. The normalized spacial score (nSPS) is 26.8. The first kappa shape index (κ1) is 16.2. The molecule has 0 spiro atoms. The van der Waals surface area contributed by atoms with Crippen LogP contribution in [0.25, 0.3) is 0 Å². The molecule has 1 saturated heterocycles. The summed E-state index contributed by atoms with van der Waals surface area (Å²) in [6.45, 7) is 4.24. The maximum atomic E-state index is 9.69. The SMILES string of the molecule is CCCCOc1ccc(CN2C[C@@H](O)C(O)[C@@H](O)C2)cc1. The predicted molar refractivity (Wildman–Crippen MR) is 80.1 cm³/mol. The van der Waals surface area contributed by atoms with Gasteiger partial charge in [-0.25, -0.2) is 0 Å². The molecule has 21 heavy (non-hydrogen) atoms. The number of rotatable bonds is 6. The number of β-amino-alcohol motifs (C(OH)–C–C–N with tert-alkyl or cyclic N) is 2. The van der Waals surface area contributed by atoms with E-state index in [0.717, 1.165) is 30.8 Å². The van der Waals surface area contributed by atoms with Crippen molar-refractivity contribution in [2.24, 2.45) is 0 Å². The number of hydrogen-bond acceptors (Lipinski definition) is 5. The summed E-state index contributed by atoms with van der Waals surface area (Å²) in [6.07, 6.45) is -0.677. The minimum absolute atomic E-state index is 0.368. The third-order valence-corrected chi connectivity index (χ3v) is 3.78. The summed E-state index contributed by atoms with van der Waals surface area (Å²) >= 11 is 0. The molecule has 5 heteroatoms. The number of likely N-dealkylation sites (tertiary alicyclic amines) is 1. The quantitative estimate of drug-likeness (QED) is 0.676. The van der Waals surface area contributed by atoms with E-state index in [1.807, 2.05) is 29.2 Å². The lowest BCUT2D eigenvalue weighted by Crippen LogP contribution is -2.54. The predicted octanol–water partition coefficient (Wildman–Crippen LogP) is 0.764. The molecule has 1 aliphatic rings. The van der Waals surface area contributed by atoms with Gasteiger partial charge in [0.05, 0.1) is 18.8 Å². The zero-order chi connectivity index (χ0) is 15.2. The number of hydrogen-bond donors (Lipinski definition) is 3. The maximum absolute atomic E-state index is 9.69. The van der Waals surface area contributed by atoms with E-state index in [9.17, 15) is 15.3 Å². The number of piperidine rings is 1. The van der Waals surface area contributed by atoms with E-state index < -0.39 is 18.3 Å². The molecule has 0 saturated carbocycles. The lowest BCUT2D eigenvalue weighted by Gasteiger charge is -2.36. The standard InChI is InChI=1S/C16H25NO4/c1-2-3-8-21-13-6-4-12(5-7-13)9-17-10-14(18)16(20)15(19)11-17/h4-7,14-16,18-20H,2-3,8-11H2,1H3/t14-,15+,16?. The van der Waals surface area contributed by atoms with Gasteiger partial charge in [0.25, 0.3) is 0 Å². The summed E-state index contributed by atoms with van der Waals surface area (Å²) in [5, 5.41) is 28.9. The minimum Gasteiger partial charge on any atom is -0.494 e. The van der Waals surface area contributed by atoms with Crippen LogP contribution in [0.2, 0.25) is 0 Å². The van der Waals surface area contributed by atoms with E-state index in [1.54, 1.807) is 0 Å². The first-order valence-electron chi connectivity index (χ1n) is 7.58. The highest BCUT2D eigenvalue weighted by Gasteiger charge is 2.33. The van der Waals surface area contributed by atoms with Crippen LogP contribution in [0, 0.1) is 0 Å². The molecule has 1 aliphatic heterocycles. The average Bonchev–Trinajstić information content (AvgIpc) is 2.47. The molecular formula is C16H25NO4. The Morgan fingerprint density at radius 3 is 2.29 bits per heavy atom. The first-order valence-corrected chi connectivity index (χ1v) is 7.58. The molecular weight excluding hydrogens is 270 g/mol. The Morgan fingerprint density at radius 1 is 1.10 bits per heavy atom. The molecule has 0 bridgehead atoms. The summed E-state index contributed by atoms with van der Waals surface area (Å²) < 4.78 is 5.61. The monoisotopic (exact) mass is 295 g/mol. The van der Waals surface area contributed by atoms with Crippen molar-refractivity contribution in [1.82, 2.24) is 4.90 Å². The van der Waals surface area contributed by atoms with E-state index in [2.05, 4.69) is 6.92 Å². The Morgan fingerprint density at radius 2 is 1.71 bits per heavy atom. The third-order valence-electron chi connectivity index (χ3n) is 3.78. The van der Waals surface area contributed by atoms with E-state index in [-0.39, 0.29) is 0 Å². The molecule has 1 fully saturated rings. The smallest absolute Gasteiger partial charge is 0.119 e. The Kier molecular flexibility index (Phi) is 5.99. The van der Waals surface area contributed by atoms with Crippen LogP contribution in [0.5, 0.6) is 5.75 Å². The van der Waals surface area contributed by atoms with E-state index in [4.69, 9.17) is 4.74 Å². The van der Waals surface area contributed by atoms with Gasteiger partial charge in [0, 0.05) is 19.6 Å². The van der Waals surface area contributed by atoms with Gasteiger partial charge in [-0.15, -0.1) is 0 Å². The molecule has 1 unspecified atom stereocenters. The van der Waals surface area contributed by atoms with E-state index in [0.29, 0.717) is 19.6 Å². The lowest BCUT2D eigenvalue weighted by molar-refractivity contribution is -0.111. The summed E-state index contributed by atoms with van der Waals surface area (Å²) in [6, 6.07) is 7.86. The van der Waals surface area contributed by atoms with Gasteiger partial charge in [-0.1, -0.05) is 25.5 Å². The summed E-state index contributed by atoms with van der Waals surface area (Å²) in [5.74, 6) is 0.862. The van der Waals surface area contributed by atoms with Crippen LogP contribution >= 0.6 is 0 Å². The second-order valence-corrected chi connectivity index (χ2v) is 5.67. The number of ether oxygens (including phenoxy) is 1. The average molecular weight is 295 g/mol. The molecule has 0 amide bonds. The molecule has 0 aliphatic carbocycles. The fourth-order valence-electron chi connectivity index (χ4n) is 2.49. The topological polar surface area (TPSA) is 73.2 Å². The Hall–Kier alpha value is -1.14. The van der Waals surface area contributed by atoms with Gasteiger partial charge < -0.3 is 20.1 Å². The molecule has 3 atom stereocenters. The van der Waals surface area contributed by atoms with Crippen molar-refractivity contribution < 1.29 is 20.1 Å².